The lowest BCUT2D eigenvalue weighted by atomic mass is 10.1. The molecule has 0 bridgehead atoms. The van der Waals surface area contributed by atoms with Crippen LogP contribution in [0.25, 0.3) is 0 Å². The molecule has 2 amide bonds. The molecule has 9 nitrogen and oxygen atoms in total. The van der Waals surface area contributed by atoms with Crippen molar-refractivity contribution in [1.29, 1.82) is 5.26 Å². The second-order valence-corrected chi connectivity index (χ2v) is 5.67. The summed E-state index contributed by atoms with van der Waals surface area (Å²) in [5, 5.41) is 8.72. The zero-order valence-corrected chi connectivity index (χ0v) is 14.5. The number of rotatable bonds is 4. The molecule has 9 heteroatoms. The number of amides is 2. The molecule has 0 radical (unpaired) electrons. The normalized spacial score (nSPS) is 14.3. The number of carbonyl (C=O) groups excluding carboxylic acids is 3. The summed E-state index contributed by atoms with van der Waals surface area (Å²) in [6.45, 7) is -0.601. The second-order valence-electron chi connectivity index (χ2n) is 5.67. The molecule has 1 atom stereocenters. The molecule has 28 heavy (non-hydrogen) atoms. The quantitative estimate of drug-likeness (QED) is 0.590. The molecule has 1 aliphatic rings. The van der Waals surface area contributed by atoms with Gasteiger partial charge in [-0.1, -0.05) is 12.1 Å². The molecule has 0 unspecified atom stereocenters. The van der Waals surface area contributed by atoms with Crippen LogP contribution in [-0.2, 0) is 14.3 Å². The van der Waals surface area contributed by atoms with Crippen molar-refractivity contribution in [2.75, 3.05) is 13.2 Å². The van der Waals surface area contributed by atoms with E-state index >= 15 is 0 Å². The van der Waals surface area contributed by atoms with Crippen molar-refractivity contribution in [2.45, 2.75) is 6.10 Å². The Morgan fingerprint density at radius 1 is 1.07 bits per heavy atom. The standard InChI is InChI=1S/C19H15N3O6/c20-9-12-5-7-13(8-6-12)19(25)27-11-17(23)21-22-18(24)16-10-26-14-3-1-2-4-15(14)28-16/h1-8,16H,10-11H2,(H,21,23)(H,22,24)/t16-/m1/s1. The topological polar surface area (TPSA) is 127 Å². The summed E-state index contributed by atoms with van der Waals surface area (Å²) < 4.78 is 15.8. The molecule has 2 aromatic carbocycles. The lowest BCUT2D eigenvalue weighted by Gasteiger charge is -2.25. The third kappa shape index (κ3) is 4.56. The van der Waals surface area contributed by atoms with Crippen molar-refractivity contribution in [2.24, 2.45) is 0 Å². The summed E-state index contributed by atoms with van der Waals surface area (Å²) >= 11 is 0. The zero-order chi connectivity index (χ0) is 19.9. The maximum atomic E-state index is 12.1. The zero-order valence-electron chi connectivity index (χ0n) is 14.5. The number of nitrogens with zero attached hydrogens (tertiary/aromatic N) is 1. The predicted octanol–water partition coefficient (Wildman–Crippen LogP) is 0.702. The fourth-order valence-corrected chi connectivity index (χ4v) is 2.29. The molecule has 2 aromatic rings. The largest absolute Gasteiger partial charge is 0.485 e. The van der Waals surface area contributed by atoms with E-state index in [1.165, 1.54) is 24.3 Å². The minimum absolute atomic E-state index is 0.00754. The van der Waals surface area contributed by atoms with Crippen LogP contribution in [-0.4, -0.2) is 37.1 Å². The third-order valence-corrected chi connectivity index (χ3v) is 3.71. The van der Waals surface area contributed by atoms with Gasteiger partial charge in [-0.3, -0.25) is 20.4 Å². The van der Waals surface area contributed by atoms with Gasteiger partial charge in [-0.05, 0) is 36.4 Å². The van der Waals surface area contributed by atoms with E-state index in [0.717, 1.165) is 0 Å². The van der Waals surface area contributed by atoms with Gasteiger partial charge in [0.15, 0.2) is 18.1 Å². The van der Waals surface area contributed by atoms with Crippen LogP contribution in [0.5, 0.6) is 11.5 Å². The fraction of sp³-hybridized carbons (Fsp3) is 0.158. The van der Waals surface area contributed by atoms with Gasteiger partial charge in [-0.25, -0.2) is 4.79 Å². The van der Waals surface area contributed by atoms with E-state index in [1.54, 1.807) is 24.3 Å². The molecule has 0 aliphatic carbocycles. The maximum Gasteiger partial charge on any atom is 0.338 e. The Morgan fingerprint density at radius 3 is 2.50 bits per heavy atom. The van der Waals surface area contributed by atoms with Crippen LogP contribution in [0.2, 0.25) is 0 Å². The van der Waals surface area contributed by atoms with Crippen LogP contribution in [0.4, 0.5) is 0 Å². The first kappa shape index (κ1) is 18.7. The summed E-state index contributed by atoms with van der Waals surface area (Å²) in [6.07, 6.45) is -0.934. The first-order chi connectivity index (χ1) is 13.6. The molecular formula is C19H15N3O6. The Bertz CT molecular complexity index is 935. The number of para-hydroxylation sites is 2. The number of hydrazine groups is 1. The lowest BCUT2D eigenvalue weighted by molar-refractivity contribution is -0.135. The number of hydrogen-bond acceptors (Lipinski definition) is 7. The van der Waals surface area contributed by atoms with Crippen LogP contribution >= 0.6 is 0 Å². The molecule has 1 aliphatic heterocycles. The van der Waals surface area contributed by atoms with E-state index in [2.05, 4.69) is 10.9 Å². The van der Waals surface area contributed by atoms with Gasteiger partial charge in [0.2, 0.25) is 6.10 Å². The number of esters is 1. The van der Waals surface area contributed by atoms with Crippen LogP contribution in [0.15, 0.2) is 48.5 Å². The van der Waals surface area contributed by atoms with E-state index in [-0.39, 0.29) is 12.2 Å². The molecule has 3 rings (SSSR count). The molecule has 0 saturated heterocycles. The number of fused-ring (bicyclic) bond motifs is 1. The number of carbonyl (C=O) groups is 3. The highest BCUT2D eigenvalue weighted by Crippen LogP contribution is 2.30. The van der Waals surface area contributed by atoms with Crippen molar-refractivity contribution in [3.8, 4) is 17.6 Å². The Morgan fingerprint density at radius 2 is 1.79 bits per heavy atom. The Hall–Kier alpha value is -4.06. The first-order valence-electron chi connectivity index (χ1n) is 8.21. The highest BCUT2D eigenvalue weighted by molar-refractivity contribution is 5.92. The van der Waals surface area contributed by atoms with Crippen LogP contribution in [0.3, 0.4) is 0 Å². The van der Waals surface area contributed by atoms with E-state index in [1.807, 2.05) is 6.07 Å². The number of benzene rings is 2. The van der Waals surface area contributed by atoms with Gasteiger partial charge < -0.3 is 14.2 Å². The number of nitrogens with one attached hydrogen (secondary N) is 2. The average molecular weight is 381 g/mol. The SMILES string of the molecule is N#Cc1ccc(C(=O)OCC(=O)NNC(=O)[C@H]2COc3ccccc3O2)cc1. The molecule has 0 aromatic heterocycles. The summed E-state index contributed by atoms with van der Waals surface area (Å²) in [7, 11) is 0. The average Bonchev–Trinajstić information content (AvgIpc) is 2.75. The van der Waals surface area contributed by atoms with Crippen molar-refractivity contribution < 1.29 is 28.6 Å². The number of ether oxygens (including phenoxy) is 3. The van der Waals surface area contributed by atoms with Crippen LogP contribution in [0.1, 0.15) is 15.9 Å². The van der Waals surface area contributed by atoms with Gasteiger partial charge in [0.1, 0.15) is 6.61 Å². The van der Waals surface area contributed by atoms with Gasteiger partial charge in [-0.15, -0.1) is 0 Å². The van der Waals surface area contributed by atoms with Gasteiger partial charge in [0.05, 0.1) is 17.2 Å². The van der Waals surface area contributed by atoms with Gasteiger partial charge >= 0.3 is 5.97 Å². The van der Waals surface area contributed by atoms with Crippen LogP contribution < -0.4 is 20.3 Å². The highest BCUT2D eigenvalue weighted by Gasteiger charge is 2.27. The van der Waals surface area contributed by atoms with E-state index in [9.17, 15) is 14.4 Å². The fourth-order valence-electron chi connectivity index (χ4n) is 2.29. The van der Waals surface area contributed by atoms with Gasteiger partial charge in [0, 0.05) is 0 Å². The predicted molar refractivity (Wildman–Crippen MR) is 94.1 cm³/mol. The number of hydrogen-bond donors (Lipinski definition) is 2. The number of nitriles is 1. The minimum atomic E-state index is -0.934. The first-order valence-corrected chi connectivity index (χ1v) is 8.21. The van der Waals surface area contributed by atoms with E-state index in [4.69, 9.17) is 19.5 Å². The molecule has 0 fully saturated rings. The summed E-state index contributed by atoms with van der Waals surface area (Å²) in [5.41, 5.74) is 4.92. The van der Waals surface area contributed by atoms with Gasteiger partial charge in [0.25, 0.3) is 11.8 Å². The lowest BCUT2D eigenvalue weighted by Crippen LogP contribution is -2.51. The second kappa shape index (κ2) is 8.55. The molecule has 1 heterocycles. The molecule has 142 valence electrons. The minimum Gasteiger partial charge on any atom is -0.485 e. The van der Waals surface area contributed by atoms with Crippen LogP contribution in [0, 0.1) is 11.3 Å². The van der Waals surface area contributed by atoms with Crippen molar-refractivity contribution in [3.63, 3.8) is 0 Å². The Labute approximate surface area is 159 Å². The van der Waals surface area contributed by atoms with Crippen molar-refractivity contribution in [3.05, 3.63) is 59.7 Å². The summed E-state index contributed by atoms with van der Waals surface area (Å²) in [6, 6.07) is 14.6. The summed E-state index contributed by atoms with van der Waals surface area (Å²) in [4.78, 5) is 35.7. The monoisotopic (exact) mass is 381 g/mol. The van der Waals surface area contributed by atoms with E-state index < -0.39 is 30.5 Å². The maximum absolute atomic E-state index is 12.1. The smallest absolute Gasteiger partial charge is 0.338 e. The molecular weight excluding hydrogens is 366 g/mol. The third-order valence-electron chi connectivity index (χ3n) is 3.71. The Kier molecular flexibility index (Phi) is 5.72. The molecule has 0 saturated carbocycles. The highest BCUT2D eigenvalue weighted by atomic mass is 16.6. The summed E-state index contributed by atoms with van der Waals surface area (Å²) in [5.74, 6) is -1.11. The molecule has 0 spiro atoms. The van der Waals surface area contributed by atoms with Gasteiger partial charge in [-0.2, -0.15) is 5.26 Å². The van der Waals surface area contributed by atoms with Crippen molar-refractivity contribution in [1.82, 2.24) is 10.9 Å². The van der Waals surface area contributed by atoms with E-state index in [0.29, 0.717) is 17.1 Å². The van der Waals surface area contributed by atoms with Crippen molar-refractivity contribution >= 4 is 17.8 Å². The Balaban J connectivity index is 1.42. The molecule has 2 N–H and O–H groups in total.